The van der Waals surface area contributed by atoms with Gasteiger partial charge in [-0.1, -0.05) is 6.92 Å². The van der Waals surface area contributed by atoms with Crippen LogP contribution in [0.3, 0.4) is 0 Å². The van der Waals surface area contributed by atoms with E-state index in [1.54, 1.807) is 13.0 Å². The van der Waals surface area contributed by atoms with Crippen molar-refractivity contribution < 1.29 is 13.9 Å². The summed E-state index contributed by atoms with van der Waals surface area (Å²) in [6.45, 7) is 8.34. The van der Waals surface area contributed by atoms with Gasteiger partial charge in [0.05, 0.1) is 13.2 Å². The Bertz CT molecular complexity index is 458. The Kier molecular flexibility index (Phi) is 6.00. The first-order valence-corrected chi connectivity index (χ1v) is 7.89. The molecule has 0 spiro atoms. The summed E-state index contributed by atoms with van der Waals surface area (Å²) in [5.41, 5.74) is 1.53. The van der Waals surface area contributed by atoms with Gasteiger partial charge in [-0.2, -0.15) is 0 Å². The van der Waals surface area contributed by atoms with Crippen molar-refractivity contribution in [3.05, 3.63) is 29.1 Å². The van der Waals surface area contributed by atoms with Crippen molar-refractivity contribution in [3.63, 3.8) is 0 Å². The fourth-order valence-corrected chi connectivity index (χ4v) is 2.56. The second kappa shape index (κ2) is 7.76. The predicted octanol–water partition coefficient (Wildman–Crippen LogP) is 3.75. The minimum atomic E-state index is -0.172. The molecule has 1 aromatic carbocycles. The number of benzene rings is 1. The first-order chi connectivity index (χ1) is 10.1. The summed E-state index contributed by atoms with van der Waals surface area (Å²) < 4.78 is 25.4. The molecule has 0 bridgehead atoms. The van der Waals surface area contributed by atoms with E-state index in [4.69, 9.17) is 9.47 Å². The van der Waals surface area contributed by atoms with E-state index in [0.717, 1.165) is 50.3 Å². The van der Waals surface area contributed by atoms with Crippen LogP contribution < -0.4 is 10.1 Å². The SMILES string of the molecule is CCCNC(C)c1cc(F)c(C)cc1OC1CCOCC1. The number of aryl methyl sites for hydroxylation is 1. The van der Waals surface area contributed by atoms with Gasteiger partial charge < -0.3 is 14.8 Å². The first-order valence-electron chi connectivity index (χ1n) is 7.89. The number of ether oxygens (including phenoxy) is 2. The van der Waals surface area contributed by atoms with Gasteiger partial charge in [-0.15, -0.1) is 0 Å². The highest BCUT2D eigenvalue weighted by molar-refractivity contribution is 5.40. The van der Waals surface area contributed by atoms with Gasteiger partial charge in [0.1, 0.15) is 17.7 Å². The number of rotatable bonds is 6. The maximum absolute atomic E-state index is 13.9. The zero-order valence-corrected chi connectivity index (χ0v) is 13.2. The molecule has 0 aliphatic carbocycles. The van der Waals surface area contributed by atoms with Gasteiger partial charge in [-0.25, -0.2) is 4.39 Å². The van der Waals surface area contributed by atoms with Crippen molar-refractivity contribution in [2.45, 2.75) is 52.2 Å². The second-order valence-electron chi connectivity index (χ2n) is 5.74. The summed E-state index contributed by atoms with van der Waals surface area (Å²) in [6.07, 6.45) is 3.01. The zero-order valence-electron chi connectivity index (χ0n) is 13.2. The highest BCUT2D eigenvalue weighted by Crippen LogP contribution is 2.30. The summed E-state index contributed by atoms with van der Waals surface area (Å²) in [5.74, 6) is 0.631. The van der Waals surface area contributed by atoms with Crippen molar-refractivity contribution in [1.82, 2.24) is 5.32 Å². The molecule has 0 saturated carbocycles. The molecule has 0 aromatic heterocycles. The minimum Gasteiger partial charge on any atom is -0.490 e. The Morgan fingerprint density at radius 1 is 1.38 bits per heavy atom. The van der Waals surface area contributed by atoms with E-state index in [-0.39, 0.29) is 18.0 Å². The molecule has 3 nitrogen and oxygen atoms in total. The summed E-state index contributed by atoms with van der Waals surface area (Å²) >= 11 is 0. The Morgan fingerprint density at radius 2 is 2.10 bits per heavy atom. The molecule has 1 heterocycles. The number of halogens is 1. The average molecular weight is 295 g/mol. The Hall–Kier alpha value is -1.13. The smallest absolute Gasteiger partial charge is 0.126 e. The van der Waals surface area contributed by atoms with Crippen molar-refractivity contribution in [1.29, 1.82) is 0 Å². The van der Waals surface area contributed by atoms with Gasteiger partial charge >= 0.3 is 0 Å². The molecule has 1 atom stereocenters. The molecule has 118 valence electrons. The summed E-state index contributed by atoms with van der Waals surface area (Å²) in [6, 6.07) is 3.51. The quantitative estimate of drug-likeness (QED) is 0.867. The third kappa shape index (κ3) is 4.42. The molecule has 1 saturated heterocycles. The third-order valence-corrected chi connectivity index (χ3v) is 3.92. The van der Waals surface area contributed by atoms with E-state index in [9.17, 15) is 4.39 Å². The van der Waals surface area contributed by atoms with E-state index in [1.807, 2.05) is 6.07 Å². The molecule has 0 amide bonds. The van der Waals surface area contributed by atoms with E-state index in [2.05, 4.69) is 19.2 Å². The molecular weight excluding hydrogens is 269 g/mol. The van der Waals surface area contributed by atoms with Gasteiger partial charge in [-0.05, 0) is 44.5 Å². The first kappa shape index (κ1) is 16.2. The molecule has 2 rings (SSSR count). The van der Waals surface area contributed by atoms with Crippen LogP contribution in [0.2, 0.25) is 0 Å². The molecule has 1 aliphatic rings. The van der Waals surface area contributed by atoms with Crippen LogP contribution >= 0.6 is 0 Å². The second-order valence-corrected chi connectivity index (χ2v) is 5.74. The minimum absolute atomic E-state index is 0.0786. The van der Waals surface area contributed by atoms with Crippen LogP contribution in [0.25, 0.3) is 0 Å². The van der Waals surface area contributed by atoms with Gasteiger partial charge in [0, 0.05) is 24.4 Å². The predicted molar refractivity (Wildman–Crippen MR) is 82.3 cm³/mol. The third-order valence-electron chi connectivity index (χ3n) is 3.92. The van der Waals surface area contributed by atoms with Crippen LogP contribution in [0.4, 0.5) is 4.39 Å². The molecule has 21 heavy (non-hydrogen) atoms. The number of nitrogens with one attached hydrogen (secondary N) is 1. The molecule has 1 fully saturated rings. The fourth-order valence-electron chi connectivity index (χ4n) is 2.56. The van der Waals surface area contributed by atoms with Gasteiger partial charge in [0.2, 0.25) is 0 Å². The zero-order chi connectivity index (χ0) is 15.2. The van der Waals surface area contributed by atoms with Crippen molar-refractivity contribution in [2.24, 2.45) is 0 Å². The summed E-state index contributed by atoms with van der Waals surface area (Å²) in [5, 5.41) is 3.40. The molecule has 1 unspecified atom stereocenters. The van der Waals surface area contributed by atoms with Crippen LogP contribution in [0.1, 0.15) is 50.3 Å². The largest absolute Gasteiger partial charge is 0.490 e. The maximum Gasteiger partial charge on any atom is 0.126 e. The summed E-state index contributed by atoms with van der Waals surface area (Å²) in [7, 11) is 0. The highest BCUT2D eigenvalue weighted by atomic mass is 19.1. The summed E-state index contributed by atoms with van der Waals surface area (Å²) in [4.78, 5) is 0. The standard InChI is InChI=1S/C17H26FNO2/c1-4-7-19-13(3)15-11-16(18)12(2)10-17(15)21-14-5-8-20-9-6-14/h10-11,13-14,19H,4-9H2,1-3H3. The van der Waals surface area contributed by atoms with Gasteiger partial charge in [-0.3, -0.25) is 0 Å². The monoisotopic (exact) mass is 295 g/mol. The number of hydrogen-bond acceptors (Lipinski definition) is 3. The average Bonchev–Trinajstić information content (AvgIpc) is 2.49. The van der Waals surface area contributed by atoms with Crippen LogP contribution in [-0.4, -0.2) is 25.9 Å². The molecule has 1 N–H and O–H groups in total. The number of hydrogen-bond donors (Lipinski definition) is 1. The lowest BCUT2D eigenvalue weighted by Crippen LogP contribution is -2.27. The van der Waals surface area contributed by atoms with E-state index >= 15 is 0 Å². The van der Waals surface area contributed by atoms with Crippen LogP contribution in [0.5, 0.6) is 5.75 Å². The Labute approximate surface area is 126 Å². The molecule has 1 aromatic rings. The van der Waals surface area contributed by atoms with E-state index in [1.165, 1.54) is 0 Å². The van der Waals surface area contributed by atoms with E-state index in [0.29, 0.717) is 5.56 Å². The van der Waals surface area contributed by atoms with Crippen LogP contribution in [0, 0.1) is 12.7 Å². The maximum atomic E-state index is 13.9. The van der Waals surface area contributed by atoms with Crippen molar-refractivity contribution >= 4 is 0 Å². The van der Waals surface area contributed by atoms with Crippen molar-refractivity contribution in [3.8, 4) is 5.75 Å². The normalized spacial score (nSPS) is 17.7. The van der Waals surface area contributed by atoms with Gasteiger partial charge in [0.25, 0.3) is 0 Å². The molecule has 4 heteroatoms. The Balaban J connectivity index is 2.18. The molecule has 1 aliphatic heterocycles. The lowest BCUT2D eigenvalue weighted by molar-refractivity contribution is 0.0249. The Morgan fingerprint density at radius 3 is 2.76 bits per heavy atom. The van der Waals surface area contributed by atoms with E-state index < -0.39 is 0 Å². The molecule has 0 radical (unpaired) electrons. The van der Waals surface area contributed by atoms with Crippen LogP contribution in [0.15, 0.2) is 12.1 Å². The van der Waals surface area contributed by atoms with Gasteiger partial charge in [0.15, 0.2) is 0 Å². The molecular formula is C17H26FNO2. The highest BCUT2D eigenvalue weighted by Gasteiger charge is 2.20. The fraction of sp³-hybridized carbons (Fsp3) is 0.647. The van der Waals surface area contributed by atoms with Crippen molar-refractivity contribution in [2.75, 3.05) is 19.8 Å². The lowest BCUT2D eigenvalue weighted by Gasteiger charge is -2.26. The lowest BCUT2D eigenvalue weighted by atomic mass is 10.0. The van der Waals surface area contributed by atoms with Crippen LogP contribution in [-0.2, 0) is 4.74 Å². The topological polar surface area (TPSA) is 30.5 Å².